The molecule has 0 aliphatic carbocycles. The summed E-state index contributed by atoms with van der Waals surface area (Å²) in [4.78, 5) is 29.3. The van der Waals surface area contributed by atoms with Gasteiger partial charge < -0.3 is 15.0 Å². The molecule has 4 aromatic carbocycles. The van der Waals surface area contributed by atoms with E-state index in [0.29, 0.717) is 35.2 Å². The van der Waals surface area contributed by atoms with Crippen molar-refractivity contribution >= 4 is 39.1 Å². The number of carbonyl (C=O) groups is 2. The van der Waals surface area contributed by atoms with E-state index < -0.39 is 28.5 Å². The molecule has 0 radical (unpaired) electrons. The molecule has 0 aliphatic heterocycles. The molecular formula is C34H36ClN3O5S. The largest absolute Gasteiger partial charge is 0.494 e. The second-order valence-corrected chi connectivity index (χ2v) is 12.3. The van der Waals surface area contributed by atoms with Crippen LogP contribution in [0.25, 0.3) is 0 Å². The minimum Gasteiger partial charge on any atom is -0.494 e. The van der Waals surface area contributed by atoms with Gasteiger partial charge in [-0.25, -0.2) is 8.42 Å². The molecule has 0 saturated heterocycles. The van der Waals surface area contributed by atoms with Gasteiger partial charge in [0.25, 0.3) is 10.0 Å². The molecule has 1 atom stereocenters. The Morgan fingerprint density at radius 1 is 0.841 bits per heavy atom. The topological polar surface area (TPSA) is 96.0 Å². The molecule has 0 spiro atoms. The molecule has 0 fully saturated rings. The predicted octanol–water partition coefficient (Wildman–Crippen LogP) is 5.71. The number of hydrogen-bond acceptors (Lipinski definition) is 5. The van der Waals surface area contributed by atoms with E-state index in [9.17, 15) is 18.0 Å². The van der Waals surface area contributed by atoms with E-state index in [-0.39, 0.29) is 23.8 Å². The van der Waals surface area contributed by atoms with E-state index in [1.165, 1.54) is 17.0 Å². The van der Waals surface area contributed by atoms with E-state index in [4.69, 9.17) is 16.3 Å². The van der Waals surface area contributed by atoms with E-state index in [0.717, 1.165) is 9.87 Å². The molecule has 0 aliphatic rings. The number of halogens is 1. The predicted molar refractivity (Wildman–Crippen MR) is 173 cm³/mol. The first-order valence-corrected chi connectivity index (χ1v) is 16.2. The van der Waals surface area contributed by atoms with Crippen molar-refractivity contribution in [3.63, 3.8) is 0 Å². The number of nitrogens with one attached hydrogen (secondary N) is 1. The molecule has 10 heteroatoms. The highest BCUT2D eigenvalue weighted by Crippen LogP contribution is 2.26. The first-order chi connectivity index (χ1) is 21.2. The first kappa shape index (κ1) is 32.6. The van der Waals surface area contributed by atoms with E-state index >= 15 is 0 Å². The molecule has 0 saturated carbocycles. The van der Waals surface area contributed by atoms with Gasteiger partial charge in [-0.1, -0.05) is 72.3 Å². The fourth-order valence-corrected chi connectivity index (χ4v) is 6.43. The summed E-state index contributed by atoms with van der Waals surface area (Å²) in [6, 6.07) is 30.0. The number of anilines is 1. The Labute approximate surface area is 264 Å². The lowest BCUT2D eigenvalue weighted by Crippen LogP contribution is -2.53. The zero-order valence-electron chi connectivity index (χ0n) is 24.7. The van der Waals surface area contributed by atoms with Crippen LogP contribution in [0.2, 0.25) is 5.02 Å². The number of rotatable bonds is 14. The highest BCUT2D eigenvalue weighted by Gasteiger charge is 2.34. The van der Waals surface area contributed by atoms with Crippen molar-refractivity contribution in [3.8, 4) is 5.75 Å². The summed E-state index contributed by atoms with van der Waals surface area (Å²) in [5.41, 5.74) is 1.87. The maximum Gasteiger partial charge on any atom is 0.264 e. The second kappa shape index (κ2) is 15.4. The van der Waals surface area contributed by atoms with Crippen LogP contribution in [0.15, 0.2) is 114 Å². The first-order valence-electron chi connectivity index (χ1n) is 14.4. The highest BCUT2D eigenvalue weighted by atomic mass is 35.5. The van der Waals surface area contributed by atoms with E-state index in [2.05, 4.69) is 5.32 Å². The number of amides is 2. The summed E-state index contributed by atoms with van der Waals surface area (Å²) in [6.07, 6.45) is 0.232. The Kier molecular flexibility index (Phi) is 11.4. The van der Waals surface area contributed by atoms with Gasteiger partial charge in [-0.3, -0.25) is 13.9 Å². The summed E-state index contributed by atoms with van der Waals surface area (Å²) >= 11 is 6.27. The lowest BCUT2D eigenvalue weighted by Gasteiger charge is -2.33. The van der Waals surface area contributed by atoms with Gasteiger partial charge in [-0.15, -0.1) is 0 Å². The van der Waals surface area contributed by atoms with Gasteiger partial charge in [0.05, 0.1) is 17.2 Å². The third kappa shape index (κ3) is 8.39. The van der Waals surface area contributed by atoms with Crippen LogP contribution in [0, 0.1) is 0 Å². The molecule has 230 valence electrons. The summed E-state index contributed by atoms with van der Waals surface area (Å²) < 4.78 is 34.7. The van der Waals surface area contributed by atoms with Crippen LogP contribution >= 0.6 is 11.6 Å². The van der Waals surface area contributed by atoms with Crippen molar-refractivity contribution in [1.82, 2.24) is 10.2 Å². The van der Waals surface area contributed by atoms with Gasteiger partial charge in [0.2, 0.25) is 11.8 Å². The lowest BCUT2D eigenvalue weighted by molar-refractivity contribution is -0.140. The summed E-state index contributed by atoms with van der Waals surface area (Å²) in [6.45, 7) is 3.96. The molecule has 1 N–H and O–H groups in total. The summed E-state index contributed by atoms with van der Waals surface area (Å²) in [5.74, 6) is -0.352. The van der Waals surface area contributed by atoms with Gasteiger partial charge in [-0.05, 0) is 73.5 Å². The van der Waals surface area contributed by atoms with E-state index in [1.54, 1.807) is 67.6 Å². The number of carbonyl (C=O) groups excluding carboxylic acids is 2. The van der Waals surface area contributed by atoms with Crippen molar-refractivity contribution < 1.29 is 22.7 Å². The molecule has 2 amide bonds. The molecule has 4 rings (SSSR count). The standard InChI is InChI=1S/C34H36ClN3O5S/c1-3-36-34(40)32(23-26-12-7-5-8-13-26)37(24-27-14-11-15-28(35)22-27)33(39)25-38(29-16-9-6-10-17-29)44(41,42)31-20-18-30(19-21-31)43-4-2/h5-22,32H,3-4,23-25H2,1-2H3,(H,36,40)/t32-/m1/s1. The monoisotopic (exact) mass is 633 g/mol. The Hall–Kier alpha value is -4.34. The average molecular weight is 634 g/mol. The van der Waals surface area contributed by atoms with Crippen LogP contribution < -0.4 is 14.4 Å². The molecule has 0 unspecified atom stereocenters. The minimum atomic E-state index is -4.20. The van der Waals surface area contributed by atoms with E-state index in [1.807, 2.05) is 43.3 Å². The van der Waals surface area contributed by atoms with Gasteiger partial charge in [0.1, 0.15) is 18.3 Å². The minimum absolute atomic E-state index is 0.00330. The molecule has 8 nitrogen and oxygen atoms in total. The number of nitrogens with zero attached hydrogens (tertiary/aromatic N) is 2. The van der Waals surface area contributed by atoms with Gasteiger partial charge in [0.15, 0.2) is 0 Å². The van der Waals surface area contributed by atoms with Crippen LogP contribution in [-0.4, -0.2) is 50.9 Å². The zero-order valence-corrected chi connectivity index (χ0v) is 26.3. The lowest BCUT2D eigenvalue weighted by atomic mass is 10.0. The number of ether oxygens (including phenoxy) is 1. The number of hydrogen-bond donors (Lipinski definition) is 1. The normalized spacial score (nSPS) is 11.8. The molecule has 0 aromatic heterocycles. The molecule has 4 aromatic rings. The third-order valence-electron chi connectivity index (χ3n) is 6.91. The quantitative estimate of drug-likeness (QED) is 0.192. The number of para-hydroxylation sites is 1. The summed E-state index contributed by atoms with van der Waals surface area (Å²) in [7, 11) is -4.20. The van der Waals surface area contributed by atoms with Crippen molar-refractivity contribution in [1.29, 1.82) is 0 Å². The molecular weight excluding hydrogens is 598 g/mol. The maximum atomic E-state index is 14.4. The fourth-order valence-electron chi connectivity index (χ4n) is 4.80. The van der Waals surface area contributed by atoms with Crippen molar-refractivity contribution in [2.45, 2.75) is 37.8 Å². The van der Waals surface area contributed by atoms with Crippen molar-refractivity contribution in [3.05, 3.63) is 125 Å². The average Bonchev–Trinajstić information content (AvgIpc) is 3.03. The number of likely N-dealkylation sites (N-methyl/N-ethyl adjacent to an activating group) is 1. The zero-order chi connectivity index (χ0) is 31.5. The maximum absolute atomic E-state index is 14.4. The number of sulfonamides is 1. The Morgan fingerprint density at radius 2 is 1.48 bits per heavy atom. The van der Waals surface area contributed by atoms with Gasteiger partial charge in [0, 0.05) is 24.5 Å². The third-order valence-corrected chi connectivity index (χ3v) is 8.93. The van der Waals surface area contributed by atoms with Gasteiger partial charge >= 0.3 is 0 Å². The van der Waals surface area contributed by atoms with Crippen LogP contribution in [0.4, 0.5) is 5.69 Å². The van der Waals surface area contributed by atoms with Crippen LogP contribution in [0.5, 0.6) is 5.75 Å². The van der Waals surface area contributed by atoms with Crippen LogP contribution in [0.1, 0.15) is 25.0 Å². The Balaban J connectivity index is 1.76. The smallest absolute Gasteiger partial charge is 0.264 e. The molecule has 0 bridgehead atoms. The molecule has 44 heavy (non-hydrogen) atoms. The molecule has 0 heterocycles. The summed E-state index contributed by atoms with van der Waals surface area (Å²) in [5, 5.41) is 3.34. The Bertz CT molecular complexity index is 1630. The second-order valence-electron chi connectivity index (χ2n) is 10.0. The Morgan fingerprint density at radius 3 is 2.09 bits per heavy atom. The van der Waals surface area contributed by atoms with Crippen LogP contribution in [-0.2, 0) is 32.6 Å². The number of benzene rings is 4. The highest BCUT2D eigenvalue weighted by molar-refractivity contribution is 7.92. The van der Waals surface area contributed by atoms with Crippen LogP contribution in [0.3, 0.4) is 0 Å². The van der Waals surface area contributed by atoms with Crippen molar-refractivity contribution in [2.75, 3.05) is 24.0 Å². The SMILES string of the molecule is CCNC(=O)[C@@H](Cc1ccccc1)N(Cc1cccc(Cl)c1)C(=O)CN(c1ccccc1)S(=O)(=O)c1ccc(OCC)cc1. The van der Waals surface area contributed by atoms with Gasteiger partial charge in [-0.2, -0.15) is 0 Å². The van der Waals surface area contributed by atoms with Crippen molar-refractivity contribution in [2.24, 2.45) is 0 Å². The fraction of sp³-hybridized carbons (Fsp3) is 0.235.